The third kappa shape index (κ3) is 4.40. The van der Waals surface area contributed by atoms with E-state index in [2.05, 4.69) is 5.29 Å². The van der Waals surface area contributed by atoms with Gasteiger partial charge in [0.25, 0.3) is 0 Å². The minimum Gasteiger partial charge on any atom is -0.491 e. The molecule has 7 heteroatoms. The van der Waals surface area contributed by atoms with Crippen LogP contribution in [0.25, 0.3) is 0 Å². The molecule has 0 spiro atoms. The van der Waals surface area contributed by atoms with Crippen LogP contribution < -0.4 is 4.74 Å². The summed E-state index contributed by atoms with van der Waals surface area (Å²) >= 11 is 0. The highest BCUT2D eigenvalue weighted by Gasteiger charge is 2.27. The van der Waals surface area contributed by atoms with Crippen LogP contribution in [0.4, 0.5) is 0 Å². The Morgan fingerprint density at radius 2 is 2.00 bits per heavy atom. The largest absolute Gasteiger partial charge is 0.491 e. The second-order valence-corrected chi connectivity index (χ2v) is 6.20. The Hall–Kier alpha value is -1.70. The van der Waals surface area contributed by atoms with Crippen LogP contribution in [0.5, 0.6) is 5.75 Å². The molecule has 0 saturated carbocycles. The second kappa shape index (κ2) is 7.72. The minimum absolute atomic E-state index is 0.0217. The van der Waals surface area contributed by atoms with Crippen LogP contribution in [0.2, 0.25) is 0 Å². The lowest BCUT2D eigenvalue weighted by atomic mass is 9.87. The first kappa shape index (κ1) is 17.7. The average molecular weight is 324 g/mol. The number of hydrogen-bond acceptors (Lipinski definition) is 6. The zero-order valence-electron chi connectivity index (χ0n) is 13.4. The molecule has 0 aliphatic heterocycles. The summed E-state index contributed by atoms with van der Waals surface area (Å²) in [6.45, 7) is 3.75. The molecule has 0 saturated heterocycles. The van der Waals surface area contributed by atoms with Crippen molar-refractivity contribution >= 4 is 0 Å². The highest BCUT2D eigenvalue weighted by atomic mass is 16.5. The molecular weight excluding hydrogens is 300 g/mol. The summed E-state index contributed by atoms with van der Waals surface area (Å²) in [4.78, 5) is 10.7. The van der Waals surface area contributed by atoms with Gasteiger partial charge >= 0.3 is 0 Å². The molecule has 2 rings (SSSR count). The van der Waals surface area contributed by atoms with Gasteiger partial charge in [0, 0.05) is 24.4 Å². The van der Waals surface area contributed by atoms with E-state index in [4.69, 9.17) is 4.74 Å². The lowest BCUT2D eigenvalue weighted by Gasteiger charge is -2.28. The summed E-state index contributed by atoms with van der Waals surface area (Å²) < 4.78 is 5.66. The van der Waals surface area contributed by atoms with Gasteiger partial charge in [-0.25, -0.2) is 0 Å². The van der Waals surface area contributed by atoms with Gasteiger partial charge in [0.05, 0.1) is 24.0 Å². The number of aliphatic hydroxyl groups excluding tert-OH is 3. The molecule has 3 N–H and O–H groups in total. The number of nitroso groups, excluding NO2 is 1. The Morgan fingerprint density at radius 3 is 2.65 bits per heavy atom. The average Bonchev–Trinajstić information content (AvgIpc) is 2.51. The summed E-state index contributed by atoms with van der Waals surface area (Å²) in [5.41, 5.74) is 1.79. The van der Waals surface area contributed by atoms with E-state index in [-0.39, 0.29) is 19.2 Å². The molecule has 0 amide bonds. The zero-order chi connectivity index (χ0) is 17.0. The Labute approximate surface area is 135 Å². The van der Waals surface area contributed by atoms with E-state index in [0.717, 1.165) is 11.1 Å². The lowest BCUT2D eigenvalue weighted by Crippen LogP contribution is -2.37. The third-order valence-electron chi connectivity index (χ3n) is 4.05. The molecule has 0 heterocycles. The maximum Gasteiger partial charge on any atom is 0.123 e. The first-order chi connectivity index (χ1) is 10.9. The molecule has 0 radical (unpaired) electrons. The van der Waals surface area contributed by atoms with Crippen molar-refractivity contribution in [2.75, 3.05) is 13.2 Å². The predicted octanol–water partition coefficient (Wildman–Crippen LogP) is 0.639. The summed E-state index contributed by atoms with van der Waals surface area (Å²) in [5, 5.41) is 33.7. The Balaban J connectivity index is 1.99. The SMILES string of the molecule is CC(C)N(CC(O)COc1cccc2c1CC(O)C(O)C2)N=O. The fraction of sp³-hybridized carbons (Fsp3) is 0.625. The molecule has 3 atom stereocenters. The van der Waals surface area contributed by atoms with Crippen LogP contribution in [-0.4, -0.2) is 57.8 Å². The molecule has 0 aromatic heterocycles. The van der Waals surface area contributed by atoms with Gasteiger partial charge in [-0.1, -0.05) is 12.1 Å². The van der Waals surface area contributed by atoms with Crippen molar-refractivity contribution < 1.29 is 20.1 Å². The predicted molar refractivity (Wildman–Crippen MR) is 85.0 cm³/mol. The van der Waals surface area contributed by atoms with E-state index in [1.54, 1.807) is 6.07 Å². The van der Waals surface area contributed by atoms with E-state index < -0.39 is 18.3 Å². The van der Waals surface area contributed by atoms with Crippen LogP contribution in [-0.2, 0) is 12.8 Å². The molecule has 1 aliphatic carbocycles. The summed E-state index contributed by atoms with van der Waals surface area (Å²) in [6.07, 6.45) is -1.73. The summed E-state index contributed by atoms with van der Waals surface area (Å²) in [7, 11) is 0. The molecule has 0 fully saturated rings. The molecule has 23 heavy (non-hydrogen) atoms. The van der Waals surface area contributed by atoms with E-state index in [0.29, 0.717) is 18.6 Å². The maximum absolute atomic E-state index is 10.7. The van der Waals surface area contributed by atoms with E-state index in [1.165, 1.54) is 5.01 Å². The van der Waals surface area contributed by atoms with Gasteiger partial charge in [-0.15, -0.1) is 4.91 Å². The van der Waals surface area contributed by atoms with Gasteiger partial charge in [-0.2, -0.15) is 0 Å². The molecule has 7 nitrogen and oxygen atoms in total. The van der Waals surface area contributed by atoms with Crippen LogP contribution in [0.3, 0.4) is 0 Å². The molecule has 3 unspecified atom stereocenters. The molecule has 1 aromatic carbocycles. The number of fused-ring (bicyclic) bond motifs is 1. The summed E-state index contributed by atoms with van der Waals surface area (Å²) in [6, 6.07) is 5.39. The Morgan fingerprint density at radius 1 is 1.30 bits per heavy atom. The number of ether oxygens (including phenoxy) is 1. The van der Waals surface area contributed by atoms with Crippen molar-refractivity contribution in [1.29, 1.82) is 0 Å². The van der Waals surface area contributed by atoms with Gasteiger partial charge in [-0.05, 0) is 25.5 Å². The van der Waals surface area contributed by atoms with Gasteiger partial charge in [0.2, 0.25) is 0 Å². The monoisotopic (exact) mass is 324 g/mol. The number of benzene rings is 1. The van der Waals surface area contributed by atoms with Crippen molar-refractivity contribution in [3.8, 4) is 5.75 Å². The van der Waals surface area contributed by atoms with Crippen molar-refractivity contribution in [2.45, 2.75) is 51.0 Å². The van der Waals surface area contributed by atoms with Crippen LogP contribution in [0, 0.1) is 4.91 Å². The van der Waals surface area contributed by atoms with Crippen molar-refractivity contribution in [2.24, 2.45) is 5.29 Å². The van der Waals surface area contributed by atoms with Crippen molar-refractivity contribution in [3.63, 3.8) is 0 Å². The van der Waals surface area contributed by atoms with Gasteiger partial charge in [0.1, 0.15) is 18.5 Å². The van der Waals surface area contributed by atoms with Crippen molar-refractivity contribution in [1.82, 2.24) is 5.01 Å². The normalized spacial score (nSPS) is 21.7. The number of hydrogen-bond donors (Lipinski definition) is 3. The van der Waals surface area contributed by atoms with Gasteiger partial charge in [0.15, 0.2) is 0 Å². The Kier molecular flexibility index (Phi) is 5.92. The highest BCUT2D eigenvalue weighted by Crippen LogP contribution is 2.30. The standard InChI is InChI=1S/C16H24N2O5/c1-10(2)18(17-22)8-12(19)9-23-16-5-3-4-11-6-14(20)15(21)7-13(11)16/h3-5,10,12,14-15,19-21H,6-9H2,1-2H3. The topological polar surface area (TPSA) is 103 Å². The van der Waals surface area contributed by atoms with E-state index in [1.807, 2.05) is 26.0 Å². The van der Waals surface area contributed by atoms with Gasteiger partial charge < -0.3 is 20.1 Å². The highest BCUT2D eigenvalue weighted by molar-refractivity contribution is 5.43. The minimum atomic E-state index is -0.856. The molecular formula is C16H24N2O5. The molecule has 0 bridgehead atoms. The Bertz CT molecular complexity index is 537. The number of rotatable bonds is 7. The van der Waals surface area contributed by atoms with Crippen LogP contribution in [0.1, 0.15) is 25.0 Å². The number of nitrogens with zero attached hydrogens (tertiary/aromatic N) is 2. The molecule has 1 aromatic rings. The van der Waals surface area contributed by atoms with Gasteiger partial charge in [-0.3, -0.25) is 5.01 Å². The number of aliphatic hydroxyl groups is 3. The van der Waals surface area contributed by atoms with Crippen LogP contribution >= 0.6 is 0 Å². The first-order valence-electron chi connectivity index (χ1n) is 7.80. The third-order valence-corrected chi connectivity index (χ3v) is 4.05. The quantitative estimate of drug-likeness (QED) is 0.502. The lowest BCUT2D eigenvalue weighted by molar-refractivity contribution is 0.0129. The van der Waals surface area contributed by atoms with Crippen LogP contribution in [0.15, 0.2) is 23.5 Å². The second-order valence-electron chi connectivity index (χ2n) is 6.20. The summed E-state index contributed by atoms with van der Waals surface area (Å²) in [5.74, 6) is 0.586. The zero-order valence-corrected chi connectivity index (χ0v) is 13.4. The van der Waals surface area contributed by atoms with E-state index in [9.17, 15) is 20.2 Å². The molecule has 1 aliphatic rings. The van der Waals surface area contributed by atoms with E-state index >= 15 is 0 Å². The fourth-order valence-corrected chi connectivity index (χ4v) is 2.67. The fourth-order valence-electron chi connectivity index (χ4n) is 2.67. The van der Waals surface area contributed by atoms with Crippen molar-refractivity contribution in [3.05, 3.63) is 34.2 Å². The first-order valence-corrected chi connectivity index (χ1v) is 7.80. The molecule has 128 valence electrons. The maximum atomic E-state index is 10.7. The smallest absolute Gasteiger partial charge is 0.123 e.